The zero-order valence-corrected chi connectivity index (χ0v) is 26.8. The van der Waals surface area contributed by atoms with E-state index in [1.54, 1.807) is 19.4 Å². The summed E-state index contributed by atoms with van der Waals surface area (Å²) in [6.07, 6.45) is 7.41. The third-order valence-electron chi connectivity index (χ3n) is 7.89. The molecule has 3 aromatic rings. The zero-order chi connectivity index (χ0) is 31.2. The van der Waals surface area contributed by atoms with Gasteiger partial charge in [0.05, 0.1) is 7.11 Å². The van der Waals surface area contributed by atoms with Crippen LogP contribution in [0.3, 0.4) is 0 Å². The van der Waals surface area contributed by atoms with Crippen LogP contribution < -0.4 is 19.9 Å². The number of hydrogen-bond acceptors (Lipinski definition) is 8. The Labute approximate surface area is 258 Å². The Morgan fingerprint density at radius 3 is 2.51 bits per heavy atom. The van der Waals surface area contributed by atoms with Crippen molar-refractivity contribution >= 4 is 22.3 Å². The molecule has 0 spiro atoms. The van der Waals surface area contributed by atoms with Crippen molar-refractivity contribution in [1.82, 2.24) is 15.2 Å². The molecule has 0 saturated carbocycles. The van der Waals surface area contributed by atoms with Gasteiger partial charge in [-0.1, -0.05) is 58.0 Å². The highest BCUT2D eigenvalue weighted by Crippen LogP contribution is 2.39. The van der Waals surface area contributed by atoms with Gasteiger partial charge in [-0.05, 0) is 63.5 Å². The molecule has 5 rings (SSSR count). The molecule has 2 aliphatic heterocycles. The number of methoxy groups -OCH3 is 1. The van der Waals surface area contributed by atoms with Crippen molar-refractivity contribution in [3.63, 3.8) is 0 Å². The molecule has 232 valence electrons. The van der Waals surface area contributed by atoms with Gasteiger partial charge in [0.1, 0.15) is 23.2 Å². The average molecular weight is 587 g/mol. The first-order chi connectivity index (χ1) is 21.0. The summed E-state index contributed by atoms with van der Waals surface area (Å²) in [5.41, 5.74) is 3.51. The Bertz CT molecular complexity index is 1360. The molecule has 1 saturated heterocycles. The fraction of sp³-hybridized carbons (Fsp3) is 0.486. The molecule has 8 heteroatoms. The first-order valence-corrected chi connectivity index (χ1v) is 15.7. The number of hydrogen-bond donors (Lipinski definition) is 2. The molecular weight excluding hydrogens is 536 g/mol. The highest BCUT2D eigenvalue weighted by atomic mass is 16.5. The van der Waals surface area contributed by atoms with E-state index >= 15 is 0 Å². The molecule has 0 bridgehead atoms. The third-order valence-corrected chi connectivity index (χ3v) is 7.89. The third kappa shape index (κ3) is 8.55. The van der Waals surface area contributed by atoms with Crippen molar-refractivity contribution in [2.24, 2.45) is 0 Å². The van der Waals surface area contributed by atoms with Crippen LogP contribution in [0.5, 0.6) is 11.6 Å². The number of benzene rings is 2. The topological polar surface area (TPSA) is 87.9 Å². The lowest BCUT2D eigenvalue weighted by molar-refractivity contribution is 0.394. The van der Waals surface area contributed by atoms with Gasteiger partial charge in [0.25, 0.3) is 0 Å². The minimum Gasteiger partial charge on any atom is -0.508 e. The first-order valence-electron chi connectivity index (χ1n) is 15.7. The molecule has 0 unspecified atom stereocenters. The Morgan fingerprint density at radius 1 is 1.14 bits per heavy atom. The second kappa shape index (κ2) is 17.2. The maximum absolute atomic E-state index is 10.4. The summed E-state index contributed by atoms with van der Waals surface area (Å²) in [7, 11) is 3.74. The zero-order valence-electron chi connectivity index (χ0n) is 26.8. The number of likely N-dealkylation sites (tertiary alicyclic amines) is 1. The van der Waals surface area contributed by atoms with E-state index in [1.165, 1.54) is 25.9 Å². The largest absolute Gasteiger partial charge is 0.508 e. The number of pyridine rings is 1. The molecule has 43 heavy (non-hydrogen) atoms. The average Bonchev–Trinajstić information content (AvgIpc) is 3.53. The van der Waals surface area contributed by atoms with Gasteiger partial charge in [-0.25, -0.2) is 0 Å². The van der Waals surface area contributed by atoms with Gasteiger partial charge in [0.2, 0.25) is 5.88 Å². The quantitative estimate of drug-likeness (QED) is 0.262. The summed E-state index contributed by atoms with van der Waals surface area (Å²) in [5, 5.41) is 25.7. The van der Waals surface area contributed by atoms with Gasteiger partial charge in [-0.3, -0.25) is 0 Å². The lowest BCUT2D eigenvalue weighted by Gasteiger charge is -2.35. The van der Waals surface area contributed by atoms with Crippen LogP contribution in [0.2, 0.25) is 0 Å². The highest BCUT2D eigenvalue weighted by molar-refractivity contribution is 5.95. The molecule has 2 aliphatic rings. The molecule has 3 heterocycles. The summed E-state index contributed by atoms with van der Waals surface area (Å²) < 4.78 is 5.60. The van der Waals surface area contributed by atoms with Gasteiger partial charge in [0.15, 0.2) is 0 Å². The second-order valence-corrected chi connectivity index (χ2v) is 10.8. The number of phenolic OH excluding ortho intramolecular Hbond substituents is 1. The first kappa shape index (κ1) is 33.5. The fourth-order valence-electron chi connectivity index (χ4n) is 5.70. The summed E-state index contributed by atoms with van der Waals surface area (Å²) in [6, 6.07) is 14.0. The number of unbranched alkanes of at least 4 members (excludes halogenated alkanes) is 1. The van der Waals surface area contributed by atoms with Crippen LogP contribution in [0.15, 0.2) is 49.2 Å². The Hall–Kier alpha value is -3.96. The molecule has 1 aromatic heterocycles. The number of phenols is 1. The van der Waals surface area contributed by atoms with Crippen LogP contribution in [0.4, 0.5) is 11.5 Å². The standard InChI is InChI=1S/C28H33N5O2.C5H11N.C2H6/c1-4-6-13-32(15-12-30-5-2)27-23-11-14-33(19-25(23)24(18-29)28(31-27)35-3)26-17-21(34)16-20-9-7-8-10-22(20)26;1-6-4-2-3-5-6;1-2/h5,7-10,16-17,30,34H,2,4,6,11-15,19H2,1,3H3;2-5H2,1H3;1-2H3. The number of nitrogens with one attached hydrogen (secondary N) is 1. The van der Waals surface area contributed by atoms with E-state index in [9.17, 15) is 10.4 Å². The van der Waals surface area contributed by atoms with E-state index in [2.05, 4.69) is 52.7 Å². The Balaban J connectivity index is 0.000000555. The maximum atomic E-state index is 10.4. The minimum absolute atomic E-state index is 0.235. The number of nitrogens with zero attached hydrogens (tertiary/aromatic N) is 5. The summed E-state index contributed by atoms with van der Waals surface area (Å²) >= 11 is 0. The van der Waals surface area contributed by atoms with Crippen molar-refractivity contribution in [2.75, 3.05) is 63.2 Å². The molecule has 0 amide bonds. The van der Waals surface area contributed by atoms with Gasteiger partial charge in [-0.2, -0.15) is 10.2 Å². The smallest absolute Gasteiger partial charge is 0.233 e. The van der Waals surface area contributed by atoms with Crippen LogP contribution in [-0.4, -0.2) is 68.4 Å². The number of ether oxygens (including phenoxy) is 1. The van der Waals surface area contributed by atoms with Crippen molar-refractivity contribution in [1.29, 1.82) is 5.26 Å². The Kier molecular flexibility index (Phi) is 13.4. The van der Waals surface area contributed by atoms with Crippen molar-refractivity contribution in [3.8, 4) is 17.7 Å². The van der Waals surface area contributed by atoms with Crippen LogP contribution in [0, 0.1) is 11.3 Å². The summed E-state index contributed by atoms with van der Waals surface area (Å²) in [5.74, 6) is 1.50. The van der Waals surface area contributed by atoms with Crippen LogP contribution in [-0.2, 0) is 13.0 Å². The van der Waals surface area contributed by atoms with E-state index in [0.29, 0.717) is 18.0 Å². The monoisotopic (exact) mass is 586 g/mol. The van der Waals surface area contributed by atoms with E-state index < -0.39 is 0 Å². The normalized spacial score (nSPS) is 14.0. The predicted octanol–water partition coefficient (Wildman–Crippen LogP) is 6.46. The number of anilines is 2. The highest BCUT2D eigenvalue weighted by Gasteiger charge is 2.29. The fourth-order valence-corrected chi connectivity index (χ4v) is 5.70. The van der Waals surface area contributed by atoms with Gasteiger partial charge < -0.3 is 29.9 Å². The van der Waals surface area contributed by atoms with Crippen molar-refractivity contribution < 1.29 is 9.84 Å². The number of fused-ring (bicyclic) bond motifs is 2. The van der Waals surface area contributed by atoms with Crippen molar-refractivity contribution in [3.05, 3.63) is 65.9 Å². The van der Waals surface area contributed by atoms with E-state index in [0.717, 1.165) is 78.8 Å². The number of aromatic nitrogens is 1. The van der Waals surface area contributed by atoms with E-state index in [-0.39, 0.29) is 5.75 Å². The molecular formula is C35H50N6O2. The number of nitriles is 1. The summed E-state index contributed by atoms with van der Waals surface area (Å²) in [6.45, 7) is 16.3. The summed E-state index contributed by atoms with van der Waals surface area (Å²) in [4.78, 5) is 11.7. The molecule has 0 aliphatic carbocycles. The maximum Gasteiger partial charge on any atom is 0.233 e. The lowest BCUT2D eigenvalue weighted by atomic mass is 9.94. The number of aromatic hydroxyl groups is 1. The Morgan fingerprint density at radius 2 is 1.88 bits per heavy atom. The molecule has 0 radical (unpaired) electrons. The predicted molar refractivity (Wildman–Crippen MR) is 179 cm³/mol. The molecule has 8 nitrogen and oxygen atoms in total. The van der Waals surface area contributed by atoms with Gasteiger partial charge in [-0.15, -0.1) is 0 Å². The molecule has 1 fully saturated rings. The van der Waals surface area contributed by atoms with E-state index in [4.69, 9.17) is 9.72 Å². The van der Waals surface area contributed by atoms with Crippen LogP contribution >= 0.6 is 0 Å². The lowest BCUT2D eigenvalue weighted by Crippen LogP contribution is -2.36. The van der Waals surface area contributed by atoms with Crippen LogP contribution in [0.1, 0.15) is 63.1 Å². The second-order valence-electron chi connectivity index (χ2n) is 10.8. The van der Waals surface area contributed by atoms with Gasteiger partial charge >= 0.3 is 0 Å². The molecule has 2 aromatic carbocycles. The van der Waals surface area contributed by atoms with Gasteiger partial charge in [0, 0.05) is 61.0 Å². The molecule has 2 N–H and O–H groups in total. The minimum atomic E-state index is 0.235. The van der Waals surface area contributed by atoms with E-state index in [1.807, 2.05) is 38.1 Å². The SMILES string of the molecule is C=CNCCN(CCCC)c1nc(OC)c(C#N)c2c1CCN(c1cc(O)cc3ccccc13)C2.CC.CN1CCCC1. The molecule has 0 atom stereocenters. The van der Waals surface area contributed by atoms with Crippen molar-refractivity contribution in [2.45, 2.75) is 59.4 Å². The number of rotatable bonds is 10. The van der Waals surface area contributed by atoms with Crippen LogP contribution in [0.25, 0.3) is 10.8 Å².